The Kier molecular flexibility index (Phi) is 7.22. The van der Waals surface area contributed by atoms with E-state index in [0.29, 0.717) is 5.02 Å². The minimum absolute atomic E-state index is 0.0916. The number of nitrogens with zero attached hydrogens (tertiary/aromatic N) is 2. The largest absolute Gasteiger partial charge is 0.461 e. The number of sulfonamides is 1. The van der Waals surface area contributed by atoms with Crippen molar-refractivity contribution in [3.8, 4) is 0 Å². The lowest BCUT2D eigenvalue weighted by Gasteiger charge is -2.16. The van der Waals surface area contributed by atoms with Gasteiger partial charge in [0.1, 0.15) is 10.6 Å². The first-order valence-electron chi connectivity index (χ1n) is 8.46. The summed E-state index contributed by atoms with van der Waals surface area (Å²) in [4.78, 5) is 23.9. The van der Waals surface area contributed by atoms with E-state index in [1.54, 1.807) is 38.2 Å². The highest BCUT2D eigenvalue weighted by Gasteiger charge is 2.26. The molecule has 0 spiro atoms. The lowest BCUT2D eigenvalue weighted by molar-refractivity contribution is -0.121. The van der Waals surface area contributed by atoms with E-state index in [0.717, 1.165) is 9.87 Å². The monoisotopic (exact) mass is 427 g/mol. The van der Waals surface area contributed by atoms with Crippen LogP contribution in [0.15, 0.2) is 41.4 Å². The molecule has 8 nitrogen and oxygen atoms in total. The molecule has 152 valence electrons. The molecule has 1 amide bonds. The van der Waals surface area contributed by atoms with E-state index < -0.39 is 21.9 Å². The highest BCUT2D eigenvalue weighted by atomic mass is 35.5. The number of hydrogen-bond donors (Lipinski definition) is 1. The molecule has 2 aromatic rings. The van der Waals surface area contributed by atoms with Crippen LogP contribution in [0.25, 0.3) is 0 Å². The summed E-state index contributed by atoms with van der Waals surface area (Å²) in [5, 5.41) is 3.25. The molecule has 1 aromatic carbocycles. The van der Waals surface area contributed by atoms with Crippen molar-refractivity contribution in [1.29, 1.82) is 0 Å². The van der Waals surface area contributed by atoms with Crippen LogP contribution in [-0.2, 0) is 33.1 Å². The maximum atomic E-state index is 12.7. The molecule has 0 bridgehead atoms. The van der Waals surface area contributed by atoms with Crippen molar-refractivity contribution in [3.63, 3.8) is 0 Å². The predicted molar refractivity (Wildman–Crippen MR) is 104 cm³/mol. The average molecular weight is 428 g/mol. The number of aromatic nitrogens is 1. The molecule has 1 N–H and O–H groups in total. The molecule has 0 unspecified atom stereocenters. The van der Waals surface area contributed by atoms with Crippen molar-refractivity contribution in [3.05, 3.63) is 52.8 Å². The van der Waals surface area contributed by atoms with E-state index in [4.69, 9.17) is 16.3 Å². The van der Waals surface area contributed by atoms with Crippen LogP contribution in [0.4, 0.5) is 0 Å². The molecule has 2 rings (SSSR count). The van der Waals surface area contributed by atoms with Crippen LogP contribution in [0.1, 0.15) is 23.0 Å². The number of rotatable bonds is 8. The average Bonchev–Trinajstić information content (AvgIpc) is 3.04. The van der Waals surface area contributed by atoms with Gasteiger partial charge >= 0.3 is 5.97 Å². The van der Waals surface area contributed by atoms with E-state index in [2.05, 4.69) is 5.32 Å². The summed E-state index contributed by atoms with van der Waals surface area (Å²) < 4.78 is 32.6. The lowest BCUT2D eigenvalue weighted by Crippen LogP contribution is -2.38. The van der Waals surface area contributed by atoms with Crippen LogP contribution >= 0.6 is 11.6 Å². The Balaban J connectivity index is 2.03. The number of ether oxygens (including phenoxy) is 1. The minimum Gasteiger partial charge on any atom is -0.461 e. The Bertz CT molecular complexity index is 954. The topological polar surface area (TPSA) is 97.7 Å². The van der Waals surface area contributed by atoms with Crippen LogP contribution in [0.2, 0.25) is 5.02 Å². The fourth-order valence-electron chi connectivity index (χ4n) is 2.41. The molecule has 1 aromatic heterocycles. The molecule has 0 aliphatic heterocycles. The summed E-state index contributed by atoms with van der Waals surface area (Å²) in [5.74, 6) is -1.07. The smallest absolute Gasteiger partial charge is 0.354 e. The van der Waals surface area contributed by atoms with E-state index in [1.165, 1.54) is 23.9 Å². The summed E-state index contributed by atoms with van der Waals surface area (Å²) in [6.45, 7) is 1.73. The van der Waals surface area contributed by atoms with Gasteiger partial charge in [0.05, 0.1) is 13.2 Å². The number of nitrogens with one attached hydrogen (secondary N) is 1. The number of benzene rings is 1. The minimum atomic E-state index is -3.95. The third-order valence-electron chi connectivity index (χ3n) is 3.94. The zero-order valence-corrected chi connectivity index (χ0v) is 17.4. The zero-order chi connectivity index (χ0) is 20.9. The standard InChI is InChI=1S/C18H22ClN3O5S/c1-4-27-18(24)16-9-15(11-21(16)2)28(25,26)22(3)12-17(23)20-10-13-5-7-14(19)8-6-13/h5-9,11H,4,10,12H2,1-3H3,(H,20,23). The van der Waals surface area contributed by atoms with E-state index in [9.17, 15) is 18.0 Å². The first-order valence-corrected chi connectivity index (χ1v) is 10.3. The number of esters is 1. The Labute approximate surface area is 169 Å². The van der Waals surface area contributed by atoms with Crippen molar-refractivity contribution in [1.82, 2.24) is 14.2 Å². The quantitative estimate of drug-likeness (QED) is 0.648. The number of hydrogen-bond acceptors (Lipinski definition) is 5. The van der Waals surface area contributed by atoms with E-state index in [-0.39, 0.29) is 30.3 Å². The van der Waals surface area contributed by atoms with Gasteiger partial charge in [0.15, 0.2) is 0 Å². The van der Waals surface area contributed by atoms with Gasteiger partial charge in [-0.15, -0.1) is 0 Å². The molecule has 28 heavy (non-hydrogen) atoms. The van der Waals surface area contributed by atoms with Gasteiger partial charge in [-0.3, -0.25) is 4.79 Å². The van der Waals surface area contributed by atoms with Crippen LogP contribution in [-0.4, -0.2) is 49.4 Å². The van der Waals surface area contributed by atoms with Gasteiger partial charge < -0.3 is 14.6 Å². The number of likely N-dealkylation sites (N-methyl/N-ethyl adjacent to an activating group) is 1. The maximum absolute atomic E-state index is 12.7. The van der Waals surface area contributed by atoms with E-state index in [1.807, 2.05) is 0 Å². The second-order valence-corrected chi connectivity index (χ2v) is 8.54. The van der Waals surface area contributed by atoms with Crippen molar-refractivity contribution in [2.45, 2.75) is 18.4 Å². The first-order chi connectivity index (χ1) is 13.1. The molecular weight excluding hydrogens is 406 g/mol. The zero-order valence-electron chi connectivity index (χ0n) is 15.8. The molecule has 0 saturated heterocycles. The Morgan fingerprint density at radius 3 is 2.50 bits per heavy atom. The summed E-state index contributed by atoms with van der Waals surface area (Å²) >= 11 is 5.81. The van der Waals surface area contributed by atoms with Gasteiger partial charge in [-0.2, -0.15) is 4.31 Å². The van der Waals surface area contributed by atoms with Gasteiger partial charge in [-0.1, -0.05) is 23.7 Å². The van der Waals surface area contributed by atoms with Gasteiger partial charge in [0, 0.05) is 31.9 Å². The molecule has 0 atom stereocenters. The second kappa shape index (κ2) is 9.22. The predicted octanol–water partition coefficient (Wildman–Crippen LogP) is 1.79. The van der Waals surface area contributed by atoms with Crippen molar-refractivity contribution in [2.75, 3.05) is 20.2 Å². The molecule has 0 fully saturated rings. The molecule has 0 aliphatic rings. The van der Waals surface area contributed by atoms with E-state index >= 15 is 0 Å². The van der Waals surface area contributed by atoms with Crippen LogP contribution in [0.3, 0.4) is 0 Å². The summed E-state index contributed by atoms with van der Waals surface area (Å²) in [6, 6.07) is 8.18. The summed E-state index contributed by atoms with van der Waals surface area (Å²) in [7, 11) is -1.10. The third kappa shape index (κ3) is 5.34. The number of aryl methyl sites for hydroxylation is 1. The van der Waals surface area contributed by atoms with Crippen molar-refractivity contribution >= 4 is 33.5 Å². The van der Waals surface area contributed by atoms with Crippen molar-refractivity contribution < 1.29 is 22.7 Å². The SMILES string of the molecule is CCOC(=O)c1cc(S(=O)(=O)N(C)CC(=O)NCc2ccc(Cl)cc2)cn1C. The molecule has 1 heterocycles. The fourth-order valence-corrected chi connectivity index (χ4v) is 3.73. The van der Waals surface area contributed by atoms with Gasteiger partial charge in [-0.05, 0) is 30.7 Å². The molecule has 0 radical (unpaired) electrons. The summed E-state index contributed by atoms with van der Waals surface area (Å²) in [6.07, 6.45) is 1.31. The normalized spacial score (nSPS) is 11.5. The Morgan fingerprint density at radius 1 is 1.25 bits per heavy atom. The van der Waals surface area contributed by atoms with Gasteiger partial charge in [-0.25, -0.2) is 13.2 Å². The number of amides is 1. The first kappa shape index (κ1) is 21.9. The van der Waals surface area contributed by atoms with Gasteiger partial charge in [0.25, 0.3) is 0 Å². The number of halogens is 1. The van der Waals surface area contributed by atoms with Gasteiger partial charge in [0.2, 0.25) is 15.9 Å². The molecule has 10 heteroatoms. The highest BCUT2D eigenvalue weighted by Crippen LogP contribution is 2.18. The summed E-state index contributed by atoms with van der Waals surface area (Å²) in [5.41, 5.74) is 0.950. The molecular formula is C18H22ClN3O5S. The van der Waals surface area contributed by atoms with Crippen LogP contribution < -0.4 is 5.32 Å². The van der Waals surface area contributed by atoms with Crippen molar-refractivity contribution in [2.24, 2.45) is 7.05 Å². The Morgan fingerprint density at radius 2 is 1.89 bits per heavy atom. The number of carbonyl (C=O) groups is 2. The highest BCUT2D eigenvalue weighted by molar-refractivity contribution is 7.89. The third-order valence-corrected chi connectivity index (χ3v) is 5.96. The maximum Gasteiger partial charge on any atom is 0.354 e. The van der Waals surface area contributed by atoms with Crippen LogP contribution in [0.5, 0.6) is 0 Å². The molecule has 0 aliphatic carbocycles. The van der Waals surface area contributed by atoms with Crippen LogP contribution in [0, 0.1) is 0 Å². The Hall–Kier alpha value is -2.36. The second-order valence-electron chi connectivity index (χ2n) is 6.06. The lowest BCUT2D eigenvalue weighted by atomic mass is 10.2. The number of carbonyl (C=O) groups excluding carboxylic acids is 2. The fraction of sp³-hybridized carbons (Fsp3) is 0.333. The molecule has 0 saturated carbocycles.